The number of halogens is 9. The van der Waals surface area contributed by atoms with Gasteiger partial charge >= 0.3 is 23.9 Å². The molecule has 0 saturated carbocycles. The summed E-state index contributed by atoms with van der Waals surface area (Å²) in [6.45, 7) is 1.34. The van der Waals surface area contributed by atoms with Crippen molar-refractivity contribution in [1.82, 2.24) is 9.55 Å². The highest BCUT2D eigenvalue weighted by Crippen LogP contribution is 2.58. The van der Waals surface area contributed by atoms with Crippen molar-refractivity contribution in [2.24, 2.45) is 0 Å². The number of alkyl halides is 9. The molecule has 0 saturated heterocycles. The fourth-order valence-corrected chi connectivity index (χ4v) is 4.19. The van der Waals surface area contributed by atoms with Gasteiger partial charge in [0, 0.05) is 10.8 Å². The monoisotopic (exact) mass is 516 g/mol. The lowest BCUT2D eigenvalue weighted by Gasteiger charge is -2.33. The highest BCUT2D eigenvalue weighted by molar-refractivity contribution is 6.08. The zero-order valence-corrected chi connectivity index (χ0v) is 18.0. The molecule has 0 N–H and O–H groups in total. The molecule has 0 unspecified atom stereocenters. The van der Waals surface area contributed by atoms with Gasteiger partial charge in [-0.05, 0) is 30.5 Å². The molecule has 0 bridgehead atoms. The van der Waals surface area contributed by atoms with E-state index in [1.165, 1.54) is 49.4 Å². The van der Waals surface area contributed by atoms with Crippen molar-refractivity contribution in [1.29, 1.82) is 0 Å². The first-order valence-electron chi connectivity index (χ1n) is 10.3. The molecule has 0 aliphatic heterocycles. The van der Waals surface area contributed by atoms with Crippen molar-refractivity contribution in [3.05, 3.63) is 72.2 Å². The lowest BCUT2D eigenvalue weighted by atomic mass is 9.99. The number of fused-ring (bicyclic) bond motifs is 4. The zero-order valence-electron chi connectivity index (χ0n) is 18.0. The average molecular weight is 516 g/mol. The van der Waals surface area contributed by atoms with E-state index in [4.69, 9.17) is 4.42 Å². The number of nitrogens with zero attached hydrogens (tertiary/aromatic N) is 2. The van der Waals surface area contributed by atoms with Crippen LogP contribution in [0, 0.1) is 6.92 Å². The van der Waals surface area contributed by atoms with Crippen molar-refractivity contribution in [2.75, 3.05) is 0 Å². The Labute approximate surface area is 195 Å². The molecule has 5 aromatic rings. The van der Waals surface area contributed by atoms with Crippen LogP contribution in [-0.4, -0.2) is 27.6 Å². The SMILES string of the molecule is Cc1nc2ccccc2n1-c1c(C(F)(F)C(F)(F)C(F)(F)C(F)(F)F)oc2c1ccc1ccccc12. The largest absolute Gasteiger partial charge is 0.460 e. The van der Waals surface area contributed by atoms with Crippen molar-refractivity contribution in [2.45, 2.75) is 30.9 Å². The smallest absolute Gasteiger partial charge is 0.451 e. The normalized spacial score (nSPS) is 13.8. The van der Waals surface area contributed by atoms with E-state index >= 15 is 8.78 Å². The van der Waals surface area contributed by atoms with Gasteiger partial charge in [-0.2, -0.15) is 39.5 Å². The molecule has 3 nitrogen and oxygen atoms in total. The van der Waals surface area contributed by atoms with Crippen LogP contribution in [0.2, 0.25) is 0 Å². The van der Waals surface area contributed by atoms with E-state index in [1.54, 1.807) is 18.2 Å². The van der Waals surface area contributed by atoms with Crippen LogP contribution in [0.1, 0.15) is 11.6 Å². The van der Waals surface area contributed by atoms with Gasteiger partial charge in [0.1, 0.15) is 17.1 Å². The van der Waals surface area contributed by atoms with Gasteiger partial charge in [-0.15, -0.1) is 0 Å². The van der Waals surface area contributed by atoms with Crippen LogP contribution < -0.4 is 0 Å². The second kappa shape index (κ2) is 7.40. The third-order valence-corrected chi connectivity index (χ3v) is 5.94. The molecule has 0 aliphatic carbocycles. The third-order valence-electron chi connectivity index (χ3n) is 5.94. The summed E-state index contributed by atoms with van der Waals surface area (Å²) >= 11 is 0. The molecule has 188 valence electrons. The number of imidazole rings is 1. The Morgan fingerprint density at radius 1 is 0.722 bits per heavy atom. The van der Waals surface area contributed by atoms with E-state index in [0.29, 0.717) is 5.39 Å². The summed E-state index contributed by atoms with van der Waals surface area (Å²) in [5.41, 5.74) is -0.841. The van der Waals surface area contributed by atoms with Crippen LogP contribution in [0.3, 0.4) is 0 Å². The first-order chi connectivity index (χ1) is 16.7. The average Bonchev–Trinajstić information content (AvgIpc) is 3.35. The first-order valence-corrected chi connectivity index (χ1v) is 10.3. The number of para-hydroxylation sites is 2. The highest BCUT2D eigenvalue weighted by Gasteiger charge is 2.83. The van der Waals surface area contributed by atoms with Crippen LogP contribution in [0.25, 0.3) is 38.5 Å². The van der Waals surface area contributed by atoms with Gasteiger partial charge in [-0.25, -0.2) is 4.98 Å². The number of hydrogen-bond acceptors (Lipinski definition) is 2. The van der Waals surface area contributed by atoms with Gasteiger partial charge in [0.25, 0.3) is 0 Å². The van der Waals surface area contributed by atoms with Gasteiger partial charge in [0.15, 0.2) is 0 Å². The van der Waals surface area contributed by atoms with Gasteiger partial charge in [-0.3, -0.25) is 4.57 Å². The Morgan fingerprint density at radius 2 is 1.36 bits per heavy atom. The maximum atomic E-state index is 15.3. The first kappa shape index (κ1) is 24.0. The fraction of sp³-hybridized carbons (Fsp3) is 0.208. The highest BCUT2D eigenvalue weighted by atomic mass is 19.4. The van der Waals surface area contributed by atoms with E-state index in [9.17, 15) is 30.7 Å². The predicted octanol–water partition coefficient (Wildman–Crippen LogP) is 8.16. The molecule has 5 rings (SSSR count). The van der Waals surface area contributed by atoms with E-state index < -0.39 is 35.4 Å². The molecule has 0 radical (unpaired) electrons. The number of benzene rings is 3. The molecule has 12 heteroatoms. The molecule has 36 heavy (non-hydrogen) atoms. The van der Waals surface area contributed by atoms with Crippen LogP contribution in [0.4, 0.5) is 39.5 Å². The Bertz CT molecular complexity index is 1630. The Hall–Kier alpha value is -3.70. The second-order valence-electron chi connectivity index (χ2n) is 8.15. The summed E-state index contributed by atoms with van der Waals surface area (Å²) in [6, 6.07) is 14.7. The van der Waals surface area contributed by atoms with E-state index in [-0.39, 0.29) is 33.2 Å². The molecule has 0 amide bonds. The van der Waals surface area contributed by atoms with Crippen LogP contribution >= 0.6 is 0 Å². The number of rotatable bonds is 4. The van der Waals surface area contributed by atoms with E-state index in [2.05, 4.69) is 4.98 Å². The summed E-state index contributed by atoms with van der Waals surface area (Å²) in [5.74, 6) is -22.1. The number of aromatic nitrogens is 2. The number of furan rings is 1. The molecule has 0 aliphatic rings. The minimum atomic E-state index is -7.08. The topological polar surface area (TPSA) is 31.0 Å². The maximum absolute atomic E-state index is 15.3. The molecule has 2 aromatic heterocycles. The molecule has 2 heterocycles. The van der Waals surface area contributed by atoms with Gasteiger partial charge in [0.05, 0.1) is 11.0 Å². The molecular weight excluding hydrogens is 503 g/mol. The zero-order chi connectivity index (χ0) is 26.3. The second-order valence-corrected chi connectivity index (χ2v) is 8.15. The van der Waals surface area contributed by atoms with Crippen molar-refractivity contribution in [3.63, 3.8) is 0 Å². The minimum absolute atomic E-state index is 0.0185. The van der Waals surface area contributed by atoms with Crippen molar-refractivity contribution < 1.29 is 43.9 Å². The standard InChI is InChI=1S/C24H13F9N2O/c1-12-34-16-8-4-5-9-17(16)35(12)18-15-11-10-13-6-2-3-7-14(13)19(15)36-20(18)21(25,26)22(27,28)23(29,30)24(31,32)33/h2-11H,1H3. The van der Waals surface area contributed by atoms with Gasteiger partial charge < -0.3 is 4.42 Å². The summed E-state index contributed by atoms with van der Waals surface area (Å²) < 4.78 is 132. The van der Waals surface area contributed by atoms with Crippen molar-refractivity contribution in [3.8, 4) is 5.69 Å². The summed E-state index contributed by atoms with van der Waals surface area (Å²) in [4.78, 5) is 4.17. The molecule has 0 spiro atoms. The summed E-state index contributed by atoms with van der Waals surface area (Å²) in [6.07, 6.45) is -6.96. The number of aryl methyl sites for hydroxylation is 1. The molecule has 0 fully saturated rings. The Balaban J connectivity index is 1.92. The summed E-state index contributed by atoms with van der Waals surface area (Å²) in [7, 11) is 0. The molecular formula is C24H13F9N2O. The Kier molecular flexibility index (Phi) is 4.94. The number of hydrogen-bond donors (Lipinski definition) is 0. The lowest BCUT2D eigenvalue weighted by Crippen LogP contribution is -2.59. The molecule has 3 aromatic carbocycles. The quantitative estimate of drug-likeness (QED) is 0.226. The maximum Gasteiger partial charge on any atom is 0.460 e. The van der Waals surface area contributed by atoms with Crippen LogP contribution in [0.5, 0.6) is 0 Å². The van der Waals surface area contributed by atoms with Gasteiger partial charge in [0.2, 0.25) is 5.76 Å². The third kappa shape index (κ3) is 3.05. The molecule has 0 atom stereocenters. The summed E-state index contributed by atoms with van der Waals surface area (Å²) in [5, 5.41) is 0.381. The van der Waals surface area contributed by atoms with Crippen LogP contribution in [0.15, 0.2) is 65.1 Å². The van der Waals surface area contributed by atoms with Crippen LogP contribution in [-0.2, 0) is 5.92 Å². The van der Waals surface area contributed by atoms with Crippen molar-refractivity contribution >= 4 is 32.8 Å². The van der Waals surface area contributed by atoms with E-state index in [1.807, 2.05) is 0 Å². The fourth-order valence-electron chi connectivity index (χ4n) is 4.19. The Morgan fingerprint density at radius 3 is 2.06 bits per heavy atom. The van der Waals surface area contributed by atoms with E-state index in [0.717, 1.165) is 4.57 Å². The lowest BCUT2D eigenvalue weighted by molar-refractivity contribution is -0.401. The van der Waals surface area contributed by atoms with Gasteiger partial charge in [-0.1, -0.05) is 42.5 Å². The minimum Gasteiger partial charge on any atom is -0.451 e. The predicted molar refractivity (Wildman–Crippen MR) is 113 cm³/mol.